The fourth-order valence-corrected chi connectivity index (χ4v) is 5.87. The van der Waals surface area contributed by atoms with Gasteiger partial charge in [-0.15, -0.1) is 0 Å². The van der Waals surface area contributed by atoms with Gasteiger partial charge in [-0.2, -0.15) is 0 Å². The molecular formula is C20H19Cl4N3O3S. The predicted molar refractivity (Wildman–Crippen MR) is 125 cm³/mol. The summed E-state index contributed by atoms with van der Waals surface area (Å²) in [5.74, 6) is -0.519. The highest BCUT2D eigenvalue weighted by atomic mass is 35.6. The lowest BCUT2D eigenvalue weighted by Gasteiger charge is -2.37. The van der Waals surface area contributed by atoms with Crippen molar-refractivity contribution < 1.29 is 13.2 Å². The van der Waals surface area contributed by atoms with E-state index in [-0.39, 0.29) is 4.90 Å². The van der Waals surface area contributed by atoms with E-state index in [2.05, 4.69) is 4.90 Å². The van der Waals surface area contributed by atoms with Gasteiger partial charge in [0.25, 0.3) is 19.7 Å². The van der Waals surface area contributed by atoms with Crippen LogP contribution in [-0.4, -0.2) is 55.7 Å². The normalized spacial score (nSPS) is 17.1. The maximum atomic E-state index is 13.1. The molecule has 6 nitrogen and oxygen atoms in total. The molecule has 11 heteroatoms. The summed E-state index contributed by atoms with van der Waals surface area (Å²) in [7, 11) is -3.66. The van der Waals surface area contributed by atoms with Crippen LogP contribution in [0, 0.1) is 0 Å². The van der Waals surface area contributed by atoms with Gasteiger partial charge in [0, 0.05) is 43.4 Å². The third-order valence-corrected chi connectivity index (χ3v) is 8.06. The largest absolute Gasteiger partial charge is 0.368 e. The number of hydrogen-bond acceptors (Lipinski definition) is 4. The van der Waals surface area contributed by atoms with E-state index in [1.807, 2.05) is 18.2 Å². The lowest BCUT2D eigenvalue weighted by molar-refractivity contribution is -0.130. The molecule has 31 heavy (non-hydrogen) atoms. The Balaban J connectivity index is 1.50. The monoisotopic (exact) mass is 521 g/mol. The summed E-state index contributed by atoms with van der Waals surface area (Å²) in [5, 5.41) is 0.487. The molecule has 0 aromatic heterocycles. The first-order valence-electron chi connectivity index (χ1n) is 9.59. The van der Waals surface area contributed by atoms with Crippen LogP contribution in [0.5, 0.6) is 0 Å². The zero-order valence-corrected chi connectivity index (χ0v) is 20.1. The van der Waals surface area contributed by atoms with Crippen LogP contribution in [-0.2, 0) is 21.2 Å². The summed E-state index contributed by atoms with van der Waals surface area (Å²) in [6.45, 7) is 2.47. The maximum Gasteiger partial charge on any atom is 0.274 e. The molecule has 2 aliphatic heterocycles. The van der Waals surface area contributed by atoms with Gasteiger partial charge in [0.15, 0.2) is 0 Å². The number of piperazine rings is 1. The molecule has 2 aliphatic rings. The van der Waals surface area contributed by atoms with E-state index in [1.165, 1.54) is 21.3 Å². The van der Waals surface area contributed by atoms with E-state index in [0.717, 1.165) is 11.3 Å². The number of fused-ring (bicyclic) bond motifs is 1. The zero-order valence-electron chi connectivity index (χ0n) is 16.3. The number of rotatable bonds is 3. The fourth-order valence-electron chi connectivity index (χ4n) is 3.89. The lowest BCUT2D eigenvalue weighted by atomic mass is 10.1. The first kappa shape index (κ1) is 22.8. The molecule has 166 valence electrons. The van der Waals surface area contributed by atoms with Gasteiger partial charge in [0.2, 0.25) is 0 Å². The molecule has 0 saturated carbocycles. The van der Waals surface area contributed by atoms with Crippen molar-refractivity contribution in [1.29, 1.82) is 0 Å². The van der Waals surface area contributed by atoms with Crippen LogP contribution in [0.4, 0.5) is 11.4 Å². The van der Waals surface area contributed by atoms with Crippen LogP contribution >= 0.6 is 46.4 Å². The van der Waals surface area contributed by atoms with Crippen LogP contribution in [0.2, 0.25) is 5.02 Å². The predicted octanol–water partition coefficient (Wildman–Crippen LogP) is 4.11. The van der Waals surface area contributed by atoms with Crippen LogP contribution in [0.15, 0.2) is 47.4 Å². The Bertz CT molecular complexity index is 1100. The third kappa shape index (κ3) is 4.57. The van der Waals surface area contributed by atoms with Crippen molar-refractivity contribution >= 4 is 73.7 Å². The van der Waals surface area contributed by atoms with Crippen molar-refractivity contribution in [2.24, 2.45) is 0 Å². The minimum absolute atomic E-state index is 0.212. The summed E-state index contributed by atoms with van der Waals surface area (Å²) >= 11 is 23.0. The van der Waals surface area contributed by atoms with Crippen LogP contribution in [0.3, 0.4) is 0 Å². The summed E-state index contributed by atoms with van der Waals surface area (Å²) in [4.78, 5) is 16.0. The molecule has 4 rings (SSSR count). The number of carbonyl (C=O) groups excluding carboxylic acids is 1. The molecule has 1 amide bonds. The number of amides is 1. The highest BCUT2D eigenvalue weighted by molar-refractivity contribution is 7.92. The Morgan fingerprint density at radius 1 is 0.903 bits per heavy atom. The number of benzene rings is 2. The average Bonchev–Trinajstić information content (AvgIpc) is 3.17. The van der Waals surface area contributed by atoms with Crippen molar-refractivity contribution in [2.75, 3.05) is 41.9 Å². The summed E-state index contributed by atoms with van der Waals surface area (Å²) in [6.07, 6.45) is 0.627. The Hall–Kier alpha value is -1.38. The molecule has 0 aliphatic carbocycles. The van der Waals surface area contributed by atoms with Gasteiger partial charge in [-0.3, -0.25) is 9.10 Å². The zero-order chi connectivity index (χ0) is 22.4. The van der Waals surface area contributed by atoms with E-state index in [0.29, 0.717) is 49.9 Å². The fraction of sp³-hybridized carbons (Fsp3) is 0.350. The van der Waals surface area contributed by atoms with Crippen molar-refractivity contribution in [3.8, 4) is 0 Å². The van der Waals surface area contributed by atoms with E-state index >= 15 is 0 Å². The molecule has 0 radical (unpaired) electrons. The van der Waals surface area contributed by atoms with Gasteiger partial charge in [-0.25, -0.2) is 8.42 Å². The standard InChI is InChI=1S/C20H19Cl4N3O3S/c21-15-1-4-17(5-2-15)31(29,30)27-8-7-14-13-16(3-6-18(14)27)25-9-11-26(12-10-25)19(28)20(22,23)24/h1-6,13H,7-12H2. The number of sulfonamides is 1. The van der Waals surface area contributed by atoms with E-state index in [1.54, 1.807) is 12.1 Å². The summed E-state index contributed by atoms with van der Waals surface area (Å²) in [6, 6.07) is 11.9. The summed E-state index contributed by atoms with van der Waals surface area (Å²) in [5.41, 5.74) is 2.63. The topological polar surface area (TPSA) is 60.9 Å². The Morgan fingerprint density at radius 2 is 1.55 bits per heavy atom. The smallest absolute Gasteiger partial charge is 0.274 e. The average molecular weight is 523 g/mol. The Kier molecular flexibility index (Phi) is 6.27. The highest BCUT2D eigenvalue weighted by Gasteiger charge is 2.37. The van der Waals surface area contributed by atoms with E-state index in [9.17, 15) is 13.2 Å². The molecule has 0 bridgehead atoms. The molecule has 0 unspecified atom stereocenters. The molecule has 0 spiro atoms. The van der Waals surface area contributed by atoms with Gasteiger partial charge in [0.05, 0.1) is 10.6 Å². The number of hydrogen-bond donors (Lipinski definition) is 0. The van der Waals surface area contributed by atoms with Crippen molar-refractivity contribution in [2.45, 2.75) is 15.1 Å². The molecule has 2 aromatic carbocycles. The van der Waals surface area contributed by atoms with Gasteiger partial charge in [0.1, 0.15) is 0 Å². The van der Waals surface area contributed by atoms with E-state index < -0.39 is 19.7 Å². The highest BCUT2D eigenvalue weighted by Crippen LogP contribution is 2.36. The number of carbonyl (C=O) groups is 1. The number of halogens is 4. The molecule has 1 fully saturated rings. The van der Waals surface area contributed by atoms with Crippen molar-refractivity contribution in [3.63, 3.8) is 0 Å². The van der Waals surface area contributed by atoms with Crippen molar-refractivity contribution in [1.82, 2.24) is 4.90 Å². The first-order valence-corrected chi connectivity index (χ1v) is 12.5. The van der Waals surface area contributed by atoms with Gasteiger partial charge < -0.3 is 9.80 Å². The van der Waals surface area contributed by atoms with E-state index in [4.69, 9.17) is 46.4 Å². The second-order valence-electron chi connectivity index (χ2n) is 7.37. The second kappa shape index (κ2) is 8.52. The minimum Gasteiger partial charge on any atom is -0.368 e. The van der Waals surface area contributed by atoms with Crippen LogP contribution < -0.4 is 9.21 Å². The van der Waals surface area contributed by atoms with Gasteiger partial charge in [-0.1, -0.05) is 46.4 Å². The molecular weight excluding hydrogens is 504 g/mol. The van der Waals surface area contributed by atoms with Crippen molar-refractivity contribution in [3.05, 3.63) is 53.1 Å². The SMILES string of the molecule is O=C(N1CCN(c2ccc3c(c2)CCN3S(=O)(=O)c2ccc(Cl)cc2)CC1)C(Cl)(Cl)Cl. The molecule has 0 N–H and O–H groups in total. The third-order valence-electron chi connectivity index (χ3n) is 5.49. The number of nitrogens with zero attached hydrogens (tertiary/aromatic N) is 3. The molecule has 0 atom stereocenters. The molecule has 1 saturated heterocycles. The molecule has 2 aromatic rings. The number of alkyl halides is 3. The Morgan fingerprint density at radius 3 is 2.16 bits per heavy atom. The first-order chi connectivity index (χ1) is 14.6. The lowest BCUT2D eigenvalue weighted by Crippen LogP contribution is -2.51. The second-order valence-corrected chi connectivity index (χ2v) is 12.0. The van der Waals surface area contributed by atoms with Crippen LogP contribution in [0.1, 0.15) is 5.56 Å². The quantitative estimate of drug-likeness (QED) is 0.569. The van der Waals surface area contributed by atoms with Crippen LogP contribution in [0.25, 0.3) is 0 Å². The number of anilines is 2. The van der Waals surface area contributed by atoms with Gasteiger partial charge in [-0.05, 0) is 54.4 Å². The minimum atomic E-state index is -3.66. The van der Waals surface area contributed by atoms with Gasteiger partial charge >= 0.3 is 0 Å². The Labute approximate surface area is 201 Å². The maximum absolute atomic E-state index is 13.1. The molecule has 2 heterocycles. The summed E-state index contributed by atoms with van der Waals surface area (Å²) < 4.78 is 25.6.